The zero-order valence-electron chi connectivity index (χ0n) is 86.0. The van der Waals surface area contributed by atoms with Crippen LogP contribution in [0.15, 0.2) is 318 Å². The van der Waals surface area contributed by atoms with Gasteiger partial charge < -0.3 is 25.2 Å². The third-order valence-corrected chi connectivity index (χ3v) is 28.2. The molecule has 0 bridgehead atoms. The van der Waals surface area contributed by atoms with Gasteiger partial charge in [0.15, 0.2) is 0 Å². The maximum absolute atomic E-state index is 15.3. The predicted molar refractivity (Wildman–Crippen MR) is 609 cm³/mol. The van der Waals surface area contributed by atoms with Gasteiger partial charge in [0.25, 0.3) is 0 Å². The average Bonchev–Trinajstić information content (AvgIpc) is 1.60. The highest BCUT2D eigenvalue weighted by Crippen LogP contribution is 2.42. The number of rotatable bonds is 33. The molecule has 0 saturated heterocycles. The minimum Gasteiger partial charge on any atom is -0.396 e. The first-order valence-corrected chi connectivity index (χ1v) is 53.1. The van der Waals surface area contributed by atoms with E-state index in [9.17, 15) is 0 Å². The fraction of sp³-hybridized carbons (Fsp3) is 0.242. The standard InChI is InChI=1S/C26H26BrFN2O.C26H27FN2O.C26H23FN2O.C25H24BrFN2O.C25H25FN2O/c1-3-4-7-14-31-17-19-8-5-6-9-21(19)18-10-12-22(24(28)15-18)26-23-16-20(27)11-13-25(23)30(2)29-26;2*1-18-11-13-23-25(16-18)29(2)28-26(23)22-14-12-20(17-24(22)27)21-10-6-5-9-19(21)8-4-3-7-15-30;1-29-24-13-11-19(26)16-22(24)25(28-29)21-12-10-18(15-23(21)27)20-9-5-4-8-17(20)7-3-2-6-14-30;1-28-24-13-7-6-12-22(24)25(27-28)21-15-14-19(17-23(21)26)20-11-5-4-10-18(20)9-3-2-8-16-29/h5-6,8-13,15-16H,3-4,7,14,17H2,1-2H3;5-6,9-14,16-17,30H,3-4,7-8,15H2,1-2H3;5-6,9-14,16-17,30H,3,7,15H2,1-2H3;4-5,8-13,15-16,30H,2-3,6-7,14H2,1H3;4-7,10-15,17,29H,2-3,8-9,16H2,1H3. The zero-order chi connectivity index (χ0) is 105. The summed E-state index contributed by atoms with van der Waals surface area (Å²) in [6, 6.07) is 99.2. The molecular formula is C128H125Br2F5N10O5. The molecule has 0 aliphatic rings. The van der Waals surface area contributed by atoms with E-state index in [0.29, 0.717) is 75.7 Å². The number of hydrogen-bond donors (Lipinski definition) is 4. The molecule has 20 aromatic rings. The van der Waals surface area contributed by atoms with Gasteiger partial charge in [-0.1, -0.05) is 271 Å². The SMILES string of the molecule is CCCCCOCc1ccccc1-c1ccc(-c2nn(C)c3ccc(Br)cc23)c(F)c1.Cc1ccc2c(-c3ccc(-c4ccccc4C#CCCCO)cc3F)nn(C)c2c1.Cc1ccc2c(-c3ccc(-c4ccccc4CCCCCO)cc3F)nn(C)c2c1.Cn1nc(-c2ccc(-c3ccccc3CCCCCO)cc2F)c2cc(Br)ccc21.Cn1nc(-c2ccc(-c3ccccc3CCCCCO)cc2F)c2ccccc21. The van der Waals surface area contributed by atoms with Gasteiger partial charge in [-0.15, -0.1) is 0 Å². The van der Waals surface area contributed by atoms with Crippen LogP contribution < -0.4 is 0 Å². The number of para-hydroxylation sites is 1. The van der Waals surface area contributed by atoms with Crippen molar-refractivity contribution >= 4 is 86.4 Å². The highest BCUT2D eigenvalue weighted by Gasteiger charge is 2.25. The van der Waals surface area contributed by atoms with Gasteiger partial charge in [0, 0.05) is 144 Å². The van der Waals surface area contributed by atoms with Crippen molar-refractivity contribution in [2.45, 2.75) is 137 Å². The summed E-state index contributed by atoms with van der Waals surface area (Å²) >= 11 is 7.01. The van der Waals surface area contributed by atoms with Gasteiger partial charge in [0.2, 0.25) is 0 Å². The number of aliphatic hydroxyl groups is 4. The number of nitrogens with zero attached hydrogens (tertiary/aromatic N) is 10. The van der Waals surface area contributed by atoms with Gasteiger partial charge in [-0.3, -0.25) is 23.4 Å². The minimum atomic E-state index is -0.309. The van der Waals surface area contributed by atoms with E-state index in [4.69, 9.17) is 25.2 Å². The van der Waals surface area contributed by atoms with E-state index < -0.39 is 0 Å². The first-order chi connectivity index (χ1) is 73.0. The van der Waals surface area contributed by atoms with Gasteiger partial charge in [-0.05, 0) is 295 Å². The number of aryl methyl sites for hydroxylation is 10. The van der Waals surface area contributed by atoms with Crippen LogP contribution in [0.5, 0.6) is 0 Å². The fourth-order valence-electron chi connectivity index (χ4n) is 19.4. The third-order valence-electron chi connectivity index (χ3n) is 27.2. The van der Waals surface area contributed by atoms with Crippen molar-refractivity contribution in [3.63, 3.8) is 0 Å². The lowest BCUT2D eigenvalue weighted by Crippen LogP contribution is -1.98. The minimum absolute atomic E-state index is 0.130. The maximum atomic E-state index is 15.3. The van der Waals surface area contributed by atoms with E-state index in [1.165, 1.54) is 29.5 Å². The molecule has 0 aliphatic carbocycles. The Balaban J connectivity index is 0.000000133. The van der Waals surface area contributed by atoms with E-state index in [2.05, 4.69) is 113 Å². The Morgan fingerprint density at radius 3 is 0.967 bits per heavy atom. The summed E-state index contributed by atoms with van der Waals surface area (Å²) in [5.41, 5.74) is 27.9. The number of hydrogen-bond acceptors (Lipinski definition) is 10. The summed E-state index contributed by atoms with van der Waals surface area (Å²) in [5, 5.41) is 63.4. The average molecular weight is 2140 g/mol. The molecule has 0 radical (unpaired) electrons. The Kier molecular flexibility index (Phi) is 37.7. The quantitative estimate of drug-likeness (QED) is 0.0176. The number of ether oxygens (including phenoxy) is 1. The highest BCUT2D eigenvalue weighted by atomic mass is 79.9. The topological polar surface area (TPSA) is 179 Å². The molecule has 0 aliphatic heterocycles. The number of aromatic nitrogens is 10. The Hall–Kier alpha value is -14.4. The number of benzene rings is 15. The molecule has 150 heavy (non-hydrogen) atoms. The van der Waals surface area contributed by atoms with E-state index in [1.54, 1.807) is 55.1 Å². The summed E-state index contributed by atoms with van der Waals surface area (Å²) < 4.78 is 92.9. The van der Waals surface area contributed by atoms with Crippen LogP contribution in [-0.4, -0.2) is 102 Å². The van der Waals surface area contributed by atoms with Crippen molar-refractivity contribution in [2.75, 3.05) is 33.0 Å². The monoisotopic (exact) mass is 2130 g/mol. The summed E-state index contributed by atoms with van der Waals surface area (Å²) in [4.78, 5) is 0. The Morgan fingerprint density at radius 1 is 0.280 bits per heavy atom. The van der Waals surface area contributed by atoms with E-state index in [1.807, 2.05) is 290 Å². The van der Waals surface area contributed by atoms with Crippen molar-refractivity contribution < 1.29 is 47.1 Å². The van der Waals surface area contributed by atoms with Crippen molar-refractivity contribution in [3.8, 4) is 124 Å². The molecule has 15 nitrogen and oxygen atoms in total. The second-order valence-corrected chi connectivity index (χ2v) is 39.7. The van der Waals surface area contributed by atoms with E-state index in [0.717, 1.165) is 231 Å². The Morgan fingerprint density at radius 2 is 0.593 bits per heavy atom. The molecule has 0 unspecified atom stereocenters. The molecule has 5 heterocycles. The van der Waals surface area contributed by atoms with Crippen LogP contribution >= 0.6 is 31.9 Å². The van der Waals surface area contributed by atoms with Crippen molar-refractivity contribution in [3.05, 3.63) is 386 Å². The summed E-state index contributed by atoms with van der Waals surface area (Å²) in [7, 11) is 9.40. The fourth-order valence-corrected chi connectivity index (χ4v) is 20.1. The number of halogens is 7. The van der Waals surface area contributed by atoms with Gasteiger partial charge >= 0.3 is 0 Å². The van der Waals surface area contributed by atoms with Crippen LogP contribution in [0, 0.1) is 54.8 Å². The molecule has 20 rings (SSSR count). The van der Waals surface area contributed by atoms with Gasteiger partial charge in [0.1, 0.15) is 57.6 Å². The van der Waals surface area contributed by atoms with Crippen LogP contribution in [-0.2, 0) is 65.8 Å². The number of unbranched alkanes of at least 4 members (excludes halogenated alkanes) is 9. The lowest BCUT2D eigenvalue weighted by Gasteiger charge is -2.12. The first kappa shape index (κ1) is 108. The molecular weight excluding hydrogens is 2010 g/mol. The molecule has 0 spiro atoms. The largest absolute Gasteiger partial charge is 0.396 e. The molecule has 0 amide bonds. The summed E-state index contributed by atoms with van der Waals surface area (Å²) in [5.74, 6) is 4.83. The molecule has 5 aromatic heterocycles. The normalized spacial score (nSPS) is 11.2. The molecule has 22 heteroatoms. The molecule has 0 saturated carbocycles. The molecule has 15 aromatic carbocycles. The summed E-state index contributed by atoms with van der Waals surface area (Å²) in [6.45, 7) is 8.36. The number of fused-ring (bicyclic) bond motifs is 5. The van der Waals surface area contributed by atoms with Crippen LogP contribution in [0.2, 0.25) is 0 Å². The first-order valence-electron chi connectivity index (χ1n) is 51.5. The highest BCUT2D eigenvalue weighted by molar-refractivity contribution is 9.10. The van der Waals surface area contributed by atoms with Crippen LogP contribution in [0.4, 0.5) is 22.0 Å². The third kappa shape index (κ3) is 26.2. The van der Waals surface area contributed by atoms with Crippen molar-refractivity contribution in [1.82, 2.24) is 48.9 Å². The van der Waals surface area contributed by atoms with Gasteiger partial charge in [-0.25, -0.2) is 22.0 Å². The second-order valence-electron chi connectivity index (χ2n) is 37.9. The molecule has 4 N–H and O–H groups in total. The molecule has 766 valence electrons. The van der Waals surface area contributed by atoms with Crippen molar-refractivity contribution in [1.29, 1.82) is 0 Å². The maximum Gasteiger partial charge on any atom is 0.133 e. The van der Waals surface area contributed by atoms with Crippen LogP contribution in [0.1, 0.15) is 136 Å². The smallest absolute Gasteiger partial charge is 0.133 e. The van der Waals surface area contributed by atoms with E-state index in [-0.39, 0.29) is 55.5 Å². The number of aliphatic hydroxyl groups excluding tert-OH is 4. The van der Waals surface area contributed by atoms with Crippen LogP contribution in [0.25, 0.3) is 166 Å². The second kappa shape index (κ2) is 52.2. The lowest BCUT2D eigenvalue weighted by molar-refractivity contribution is 0.117. The predicted octanol–water partition coefficient (Wildman–Crippen LogP) is 31.3. The summed E-state index contributed by atoms with van der Waals surface area (Å²) in [6.07, 6.45) is 15.9. The zero-order valence-corrected chi connectivity index (χ0v) is 89.2. The molecule has 0 fully saturated rings. The van der Waals surface area contributed by atoms with E-state index >= 15 is 22.0 Å². The lowest BCUT2D eigenvalue weighted by atomic mass is 9.94. The Labute approximate surface area is 891 Å². The van der Waals surface area contributed by atoms with Crippen molar-refractivity contribution in [2.24, 2.45) is 35.2 Å². The Bertz CT molecular complexity index is 8170. The van der Waals surface area contributed by atoms with Crippen LogP contribution in [0.3, 0.4) is 0 Å². The molecule has 0 atom stereocenters. The van der Waals surface area contributed by atoms with Gasteiger partial charge in [-0.2, -0.15) is 25.5 Å². The van der Waals surface area contributed by atoms with Gasteiger partial charge in [0.05, 0.1) is 34.2 Å².